The second kappa shape index (κ2) is 3.71. The fraction of sp³-hybridized carbons (Fsp3) is 0.400. The Morgan fingerprint density at radius 3 is 2.75 bits per heavy atom. The Bertz CT molecular complexity index is 432. The second-order valence-electron chi connectivity index (χ2n) is 4.03. The molecule has 0 aliphatic carbocycles. The van der Waals surface area contributed by atoms with E-state index in [1.165, 1.54) is 6.07 Å². The molecule has 0 radical (unpaired) electrons. The third-order valence-corrected chi connectivity index (χ3v) is 2.48. The fourth-order valence-corrected chi connectivity index (χ4v) is 1.53. The van der Waals surface area contributed by atoms with Crippen LogP contribution in [0.25, 0.3) is 0 Å². The van der Waals surface area contributed by atoms with Gasteiger partial charge in [-0.2, -0.15) is 4.39 Å². The smallest absolute Gasteiger partial charge is 0.308 e. The lowest BCUT2D eigenvalue weighted by Crippen LogP contribution is -2.61. The van der Waals surface area contributed by atoms with Gasteiger partial charge in [0.15, 0.2) is 0 Å². The number of halogens is 1. The zero-order valence-electron chi connectivity index (χ0n) is 8.70. The highest BCUT2D eigenvalue weighted by Gasteiger charge is 2.34. The van der Waals surface area contributed by atoms with Crippen molar-refractivity contribution in [1.29, 1.82) is 0 Å². The van der Waals surface area contributed by atoms with E-state index in [4.69, 9.17) is 4.74 Å². The quantitative estimate of drug-likeness (QED) is 0.626. The minimum atomic E-state index is -0.853. The maximum atomic E-state index is 13.0. The molecule has 0 aromatic heterocycles. The van der Waals surface area contributed by atoms with Gasteiger partial charge in [-0.3, -0.25) is 10.1 Å². The molecule has 1 heterocycles. The predicted molar refractivity (Wildman–Crippen MR) is 55.0 cm³/mol. The molecule has 0 spiro atoms. The van der Waals surface area contributed by atoms with Gasteiger partial charge >= 0.3 is 5.69 Å². The summed E-state index contributed by atoms with van der Waals surface area (Å²) in [6, 6.07) is 3.55. The van der Waals surface area contributed by atoms with Crippen molar-refractivity contribution in [1.82, 2.24) is 5.32 Å². The van der Waals surface area contributed by atoms with Crippen LogP contribution in [0.4, 0.5) is 10.1 Å². The predicted octanol–water partition coefficient (Wildman–Crippen LogP) is 1.47. The van der Waals surface area contributed by atoms with Crippen LogP contribution in [0.5, 0.6) is 5.75 Å². The van der Waals surface area contributed by atoms with Crippen LogP contribution in [0.15, 0.2) is 18.2 Å². The number of ether oxygens (including phenoxy) is 1. The Morgan fingerprint density at radius 2 is 2.25 bits per heavy atom. The summed E-state index contributed by atoms with van der Waals surface area (Å²) >= 11 is 0. The molecule has 0 atom stereocenters. The number of nitrogens with zero attached hydrogens (tertiary/aromatic N) is 1. The molecule has 1 N–H and O–H groups in total. The normalized spacial score (nSPS) is 17.6. The summed E-state index contributed by atoms with van der Waals surface area (Å²) in [5.74, 6) is -0.536. The molecule has 6 heteroatoms. The monoisotopic (exact) mass is 226 g/mol. The lowest BCUT2D eigenvalue weighted by atomic mass is 10.00. The average molecular weight is 226 g/mol. The summed E-state index contributed by atoms with van der Waals surface area (Å²) in [7, 11) is 0. The highest BCUT2D eigenvalue weighted by molar-refractivity contribution is 5.40. The van der Waals surface area contributed by atoms with Gasteiger partial charge in [0.2, 0.25) is 5.82 Å². The average Bonchev–Trinajstić information content (AvgIpc) is 2.18. The third-order valence-electron chi connectivity index (χ3n) is 2.48. The van der Waals surface area contributed by atoms with Gasteiger partial charge in [0.05, 0.1) is 11.0 Å². The molecule has 1 aromatic rings. The number of hydrogen-bond acceptors (Lipinski definition) is 4. The Labute approximate surface area is 91.4 Å². The molecule has 0 unspecified atom stereocenters. The van der Waals surface area contributed by atoms with Crippen molar-refractivity contribution in [2.45, 2.75) is 12.5 Å². The van der Waals surface area contributed by atoms with E-state index in [1.807, 2.05) is 6.92 Å². The van der Waals surface area contributed by atoms with E-state index in [1.54, 1.807) is 0 Å². The number of nitro benzene ring substituents is 1. The van der Waals surface area contributed by atoms with E-state index < -0.39 is 16.4 Å². The van der Waals surface area contributed by atoms with E-state index in [9.17, 15) is 14.5 Å². The zero-order chi connectivity index (χ0) is 11.8. The van der Waals surface area contributed by atoms with E-state index in [-0.39, 0.29) is 5.60 Å². The zero-order valence-corrected chi connectivity index (χ0v) is 8.70. The van der Waals surface area contributed by atoms with Crippen molar-refractivity contribution in [3.63, 3.8) is 0 Å². The molecule has 2 rings (SSSR count). The van der Waals surface area contributed by atoms with Crippen LogP contribution in [0.2, 0.25) is 0 Å². The van der Waals surface area contributed by atoms with E-state index in [0.717, 1.165) is 12.1 Å². The molecule has 1 aliphatic heterocycles. The van der Waals surface area contributed by atoms with Crippen molar-refractivity contribution < 1.29 is 14.1 Å². The lowest BCUT2D eigenvalue weighted by molar-refractivity contribution is -0.387. The van der Waals surface area contributed by atoms with Gasteiger partial charge < -0.3 is 10.1 Å². The van der Waals surface area contributed by atoms with Crippen LogP contribution in [-0.2, 0) is 0 Å². The standard InChI is InChI=1S/C10H11FN2O3/c1-10(5-12-6-10)16-7-2-3-8(11)9(4-7)13(14)15/h2-4,12H,5-6H2,1H3. The lowest BCUT2D eigenvalue weighted by Gasteiger charge is -2.39. The summed E-state index contributed by atoms with van der Waals surface area (Å²) < 4.78 is 18.6. The number of rotatable bonds is 3. The van der Waals surface area contributed by atoms with E-state index >= 15 is 0 Å². The molecular weight excluding hydrogens is 215 g/mol. The van der Waals surface area contributed by atoms with Crippen LogP contribution in [-0.4, -0.2) is 23.6 Å². The van der Waals surface area contributed by atoms with Crippen LogP contribution in [0.1, 0.15) is 6.92 Å². The maximum Gasteiger partial charge on any atom is 0.308 e. The van der Waals surface area contributed by atoms with E-state index in [2.05, 4.69) is 5.32 Å². The largest absolute Gasteiger partial charge is 0.485 e. The van der Waals surface area contributed by atoms with Crippen LogP contribution < -0.4 is 10.1 Å². The van der Waals surface area contributed by atoms with Crippen molar-refractivity contribution in [2.24, 2.45) is 0 Å². The van der Waals surface area contributed by atoms with Crippen molar-refractivity contribution in [2.75, 3.05) is 13.1 Å². The Balaban J connectivity index is 2.22. The molecule has 0 amide bonds. The first-order valence-electron chi connectivity index (χ1n) is 4.84. The third kappa shape index (κ3) is 1.96. The van der Waals surface area contributed by atoms with Crippen LogP contribution in [0.3, 0.4) is 0 Å². The maximum absolute atomic E-state index is 13.0. The number of benzene rings is 1. The molecular formula is C10H11FN2O3. The molecule has 1 aromatic carbocycles. The SMILES string of the molecule is CC1(Oc2ccc(F)c([N+](=O)[O-])c2)CNC1. The second-order valence-corrected chi connectivity index (χ2v) is 4.03. The first kappa shape index (κ1) is 10.8. The molecule has 16 heavy (non-hydrogen) atoms. The Hall–Kier alpha value is -1.69. The molecule has 1 aliphatic rings. The van der Waals surface area contributed by atoms with Crippen LogP contribution in [0, 0.1) is 15.9 Å². The Kier molecular flexibility index (Phi) is 2.51. The van der Waals surface area contributed by atoms with Gasteiger partial charge in [-0.1, -0.05) is 0 Å². The first-order valence-corrected chi connectivity index (χ1v) is 4.84. The minimum absolute atomic E-state index is 0.317. The van der Waals surface area contributed by atoms with Gasteiger partial charge in [0.25, 0.3) is 0 Å². The van der Waals surface area contributed by atoms with E-state index in [0.29, 0.717) is 18.8 Å². The van der Waals surface area contributed by atoms with Gasteiger partial charge in [-0.25, -0.2) is 0 Å². The molecule has 5 nitrogen and oxygen atoms in total. The van der Waals surface area contributed by atoms with Crippen molar-refractivity contribution in [3.8, 4) is 5.75 Å². The number of nitrogens with one attached hydrogen (secondary N) is 1. The van der Waals surface area contributed by atoms with Crippen LogP contribution >= 0.6 is 0 Å². The topological polar surface area (TPSA) is 64.4 Å². The summed E-state index contributed by atoms with van der Waals surface area (Å²) in [4.78, 5) is 9.76. The molecule has 0 bridgehead atoms. The summed E-state index contributed by atoms with van der Waals surface area (Å²) in [6.45, 7) is 3.25. The van der Waals surface area contributed by atoms with Crippen molar-refractivity contribution in [3.05, 3.63) is 34.1 Å². The van der Waals surface area contributed by atoms with Gasteiger partial charge in [-0.05, 0) is 19.1 Å². The molecule has 86 valence electrons. The first-order chi connectivity index (χ1) is 7.50. The Morgan fingerprint density at radius 1 is 1.56 bits per heavy atom. The molecule has 0 saturated carbocycles. The number of nitro groups is 1. The molecule has 1 fully saturated rings. The van der Waals surface area contributed by atoms with Gasteiger partial charge in [0, 0.05) is 13.1 Å². The minimum Gasteiger partial charge on any atom is -0.485 e. The summed E-state index contributed by atoms with van der Waals surface area (Å²) in [5, 5.41) is 13.6. The molecule has 1 saturated heterocycles. The van der Waals surface area contributed by atoms with Crippen molar-refractivity contribution >= 4 is 5.69 Å². The summed E-state index contributed by atoms with van der Waals surface area (Å²) in [5.41, 5.74) is -0.917. The van der Waals surface area contributed by atoms with Gasteiger partial charge in [0.1, 0.15) is 11.4 Å². The highest BCUT2D eigenvalue weighted by Crippen LogP contribution is 2.27. The van der Waals surface area contributed by atoms with Gasteiger partial charge in [-0.15, -0.1) is 0 Å². The number of hydrogen-bond donors (Lipinski definition) is 1. The summed E-state index contributed by atoms with van der Waals surface area (Å²) in [6.07, 6.45) is 0. The highest BCUT2D eigenvalue weighted by atomic mass is 19.1. The fourth-order valence-electron chi connectivity index (χ4n) is 1.53.